The van der Waals surface area contributed by atoms with Crippen molar-refractivity contribution in [3.63, 3.8) is 0 Å². The largest absolute Gasteiger partial charge is 0.497 e. The fourth-order valence-electron chi connectivity index (χ4n) is 2.12. The van der Waals surface area contributed by atoms with E-state index in [1.165, 1.54) is 0 Å². The third kappa shape index (κ3) is 2.18. The molecule has 0 saturated carbocycles. The van der Waals surface area contributed by atoms with Crippen LogP contribution in [0.2, 0.25) is 0 Å². The lowest BCUT2D eigenvalue weighted by molar-refractivity contribution is -0.147. The summed E-state index contributed by atoms with van der Waals surface area (Å²) in [5.41, 5.74) is 0. The van der Waals surface area contributed by atoms with Crippen LogP contribution in [0.1, 0.15) is 12.8 Å². The Bertz CT molecular complexity index is 407. The van der Waals surface area contributed by atoms with Crippen molar-refractivity contribution in [2.24, 2.45) is 11.8 Å². The highest BCUT2D eigenvalue weighted by Gasteiger charge is 2.38. The van der Waals surface area contributed by atoms with E-state index >= 15 is 0 Å². The summed E-state index contributed by atoms with van der Waals surface area (Å²) < 4.78 is 10.5. The van der Waals surface area contributed by atoms with Crippen LogP contribution in [-0.4, -0.2) is 30.6 Å². The van der Waals surface area contributed by atoms with Crippen LogP contribution in [0.25, 0.3) is 0 Å². The molecule has 1 heterocycles. The Hall–Kier alpha value is -1.78. The van der Waals surface area contributed by atoms with E-state index in [1.54, 1.807) is 19.3 Å². The number of carbonyl (C=O) groups is 2. The lowest BCUT2D eigenvalue weighted by Crippen LogP contribution is -2.29. The molecule has 0 radical (unpaired) electrons. The van der Waals surface area contributed by atoms with E-state index in [4.69, 9.17) is 14.6 Å². The normalized spacial score (nSPS) is 28.2. The quantitative estimate of drug-likeness (QED) is 0.729. The monoisotopic (exact) mass is 238 g/mol. The van der Waals surface area contributed by atoms with Crippen molar-refractivity contribution in [3.8, 4) is 0 Å². The number of carboxylic acid groups (broad SMARTS) is 1. The van der Waals surface area contributed by atoms with Crippen LogP contribution in [0.5, 0.6) is 0 Å². The standard InChI is InChI=1S/C12H14O5/c1-16-7-2-3-8-10(6-7)17-5-4-9(11(8)13)12(14)15/h2,6,8-9H,3-5H2,1H3,(H,14,15). The molecule has 1 aliphatic carbocycles. The molecule has 17 heavy (non-hydrogen) atoms. The van der Waals surface area contributed by atoms with Crippen molar-refractivity contribution in [1.82, 2.24) is 0 Å². The van der Waals surface area contributed by atoms with Gasteiger partial charge in [0.15, 0.2) is 5.78 Å². The number of ether oxygens (including phenoxy) is 2. The molecule has 0 aromatic rings. The SMILES string of the molecule is COC1=CCC2C(=O)C(C(=O)O)CCOC2=C1. The number of carboxylic acids is 1. The minimum Gasteiger partial charge on any atom is -0.497 e. The molecular weight excluding hydrogens is 224 g/mol. The summed E-state index contributed by atoms with van der Waals surface area (Å²) in [6, 6.07) is 0. The van der Waals surface area contributed by atoms with E-state index in [-0.39, 0.29) is 18.8 Å². The topological polar surface area (TPSA) is 72.8 Å². The summed E-state index contributed by atoms with van der Waals surface area (Å²) in [7, 11) is 1.54. The van der Waals surface area contributed by atoms with Crippen LogP contribution in [0, 0.1) is 11.8 Å². The molecule has 5 heteroatoms. The average molecular weight is 238 g/mol. The predicted molar refractivity (Wildman–Crippen MR) is 58.0 cm³/mol. The molecule has 2 aliphatic rings. The van der Waals surface area contributed by atoms with E-state index < -0.39 is 17.8 Å². The van der Waals surface area contributed by atoms with Crippen molar-refractivity contribution in [2.45, 2.75) is 12.8 Å². The second-order valence-electron chi connectivity index (χ2n) is 4.08. The van der Waals surface area contributed by atoms with Gasteiger partial charge in [-0.2, -0.15) is 0 Å². The number of hydrogen-bond acceptors (Lipinski definition) is 4. The fraction of sp³-hybridized carbons (Fsp3) is 0.500. The van der Waals surface area contributed by atoms with Crippen molar-refractivity contribution in [3.05, 3.63) is 23.7 Å². The molecule has 0 amide bonds. The van der Waals surface area contributed by atoms with Gasteiger partial charge in [0, 0.05) is 12.5 Å². The van der Waals surface area contributed by atoms with Crippen molar-refractivity contribution < 1.29 is 24.2 Å². The third-order valence-electron chi connectivity index (χ3n) is 3.08. The number of allylic oxidation sites excluding steroid dienone is 3. The van der Waals surface area contributed by atoms with Crippen molar-refractivity contribution in [2.75, 3.05) is 13.7 Å². The number of hydrogen-bond donors (Lipinski definition) is 1. The fourth-order valence-corrected chi connectivity index (χ4v) is 2.12. The second kappa shape index (κ2) is 4.61. The predicted octanol–water partition coefficient (Wildman–Crippen LogP) is 1.11. The van der Waals surface area contributed by atoms with Crippen LogP contribution in [0.15, 0.2) is 23.7 Å². The van der Waals surface area contributed by atoms with Gasteiger partial charge in [0.1, 0.15) is 17.4 Å². The molecule has 0 aromatic heterocycles. The number of fused-ring (bicyclic) bond motifs is 1. The highest BCUT2D eigenvalue weighted by molar-refractivity contribution is 6.00. The number of methoxy groups -OCH3 is 1. The van der Waals surface area contributed by atoms with Gasteiger partial charge >= 0.3 is 5.97 Å². The first-order valence-electron chi connectivity index (χ1n) is 5.48. The van der Waals surface area contributed by atoms with E-state index in [0.717, 1.165) is 0 Å². The summed E-state index contributed by atoms with van der Waals surface area (Å²) in [6.07, 6.45) is 4.11. The third-order valence-corrected chi connectivity index (χ3v) is 3.08. The van der Waals surface area contributed by atoms with Gasteiger partial charge in [0.25, 0.3) is 0 Å². The number of ketones is 1. The highest BCUT2D eigenvalue weighted by Crippen LogP contribution is 2.32. The molecule has 0 spiro atoms. The summed E-state index contributed by atoms with van der Waals surface area (Å²) in [5.74, 6) is -1.59. The van der Waals surface area contributed by atoms with E-state index in [2.05, 4.69) is 0 Å². The molecule has 1 saturated heterocycles. The van der Waals surface area contributed by atoms with Gasteiger partial charge in [-0.25, -0.2) is 0 Å². The first kappa shape index (κ1) is 11.7. The minimum absolute atomic E-state index is 0.227. The Morgan fingerprint density at radius 2 is 2.35 bits per heavy atom. The number of carbonyl (C=O) groups excluding carboxylic acids is 1. The molecule has 1 aliphatic heterocycles. The summed E-state index contributed by atoms with van der Waals surface area (Å²) >= 11 is 0. The zero-order valence-electron chi connectivity index (χ0n) is 9.51. The highest BCUT2D eigenvalue weighted by atomic mass is 16.5. The average Bonchev–Trinajstić information content (AvgIpc) is 2.48. The van der Waals surface area contributed by atoms with E-state index in [0.29, 0.717) is 17.9 Å². The van der Waals surface area contributed by atoms with Crippen molar-refractivity contribution in [1.29, 1.82) is 0 Å². The maximum Gasteiger partial charge on any atom is 0.314 e. The molecule has 2 rings (SSSR count). The minimum atomic E-state index is -1.07. The number of aliphatic carboxylic acids is 1. The summed E-state index contributed by atoms with van der Waals surface area (Å²) in [6.45, 7) is 0.252. The van der Waals surface area contributed by atoms with Gasteiger partial charge in [-0.3, -0.25) is 9.59 Å². The first-order valence-corrected chi connectivity index (χ1v) is 5.48. The van der Waals surface area contributed by atoms with Gasteiger partial charge in [-0.15, -0.1) is 0 Å². The number of Topliss-reactive ketones (excluding diaryl/α,β-unsaturated/α-hetero) is 1. The molecular formula is C12H14O5. The Morgan fingerprint density at radius 3 is 3.00 bits per heavy atom. The molecule has 5 nitrogen and oxygen atoms in total. The molecule has 2 atom stereocenters. The molecule has 1 N–H and O–H groups in total. The summed E-state index contributed by atoms with van der Waals surface area (Å²) in [5, 5.41) is 8.99. The Kier molecular flexibility index (Phi) is 3.17. The maximum atomic E-state index is 12.0. The van der Waals surface area contributed by atoms with Gasteiger partial charge < -0.3 is 14.6 Å². The lowest BCUT2D eigenvalue weighted by Gasteiger charge is -2.20. The Labute approximate surface area is 98.7 Å². The Balaban J connectivity index is 2.25. The summed E-state index contributed by atoms with van der Waals surface area (Å²) in [4.78, 5) is 23.0. The molecule has 92 valence electrons. The van der Waals surface area contributed by atoms with E-state index in [1.807, 2.05) is 0 Å². The van der Waals surface area contributed by atoms with Gasteiger partial charge in [0.2, 0.25) is 0 Å². The van der Waals surface area contributed by atoms with Crippen LogP contribution < -0.4 is 0 Å². The van der Waals surface area contributed by atoms with Crippen molar-refractivity contribution >= 4 is 11.8 Å². The van der Waals surface area contributed by atoms with Gasteiger partial charge in [-0.05, 0) is 12.5 Å². The van der Waals surface area contributed by atoms with E-state index in [9.17, 15) is 9.59 Å². The molecule has 2 unspecified atom stereocenters. The van der Waals surface area contributed by atoms with Crippen LogP contribution in [-0.2, 0) is 19.1 Å². The zero-order valence-corrected chi connectivity index (χ0v) is 9.51. The second-order valence-corrected chi connectivity index (χ2v) is 4.08. The Morgan fingerprint density at radius 1 is 1.59 bits per heavy atom. The first-order chi connectivity index (χ1) is 8.13. The zero-order chi connectivity index (χ0) is 12.4. The van der Waals surface area contributed by atoms with Crippen LogP contribution in [0.3, 0.4) is 0 Å². The lowest BCUT2D eigenvalue weighted by atomic mass is 9.86. The van der Waals surface area contributed by atoms with Gasteiger partial charge in [0.05, 0.1) is 19.6 Å². The smallest absolute Gasteiger partial charge is 0.314 e. The van der Waals surface area contributed by atoms with Crippen LogP contribution in [0.4, 0.5) is 0 Å². The maximum absolute atomic E-state index is 12.0. The molecule has 1 fully saturated rings. The van der Waals surface area contributed by atoms with Gasteiger partial charge in [-0.1, -0.05) is 0 Å². The number of rotatable bonds is 2. The molecule has 0 aromatic carbocycles. The molecule has 0 bridgehead atoms. The van der Waals surface area contributed by atoms with Crippen LogP contribution >= 0.6 is 0 Å².